The van der Waals surface area contributed by atoms with Gasteiger partial charge in [0.05, 0.1) is 5.56 Å². The molecule has 0 bridgehead atoms. The third-order valence-corrected chi connectivity index (χ3v) is 3.60. The van der Waals surface area contributed by atoms with E-state index in [9.17, 15) is 27.9 Å². The molecule has 0 aliphatic rings. The first-order valence-electron chi connectivity index (χ1n) is 7.43. The van der Waals surface area contributed by atoms with Crippen molar-refractivity contribution in [3.05, 3.63) is 70.8 Å². The standard InChI is InChI=1S/C18H16F3NO3/c1-11-3-2-4-12(9-11)10-15(17(24)25)22-16(23)13-5-7-14(8-6-13)18(19,20)21/h2-9,15H,10H2,1H3,(H,22,23)(H,24,25)/t15-/m1/s1. The maximum absolute atomic E-state index is 12.5. The van der Waals surface area contributed by atoms with Crippen molar-refractivity contribution in [2.24, 2.45) is 0 Å². The summed E-state index contributed by atoms with van der Waals surface area (Å²) in [4.78, 5) is 23.5. The molecule has 0 spiro atoms. The van der Waals surface area contributed by atoms with Crippen molar-refractivity contribution in [2.75, 3.05) is 0 Å². The van der Waals surface area contributed by atoms with Crippen LogP contribution in [0.15, 0.2) is 48.5 Å². The number of amides is 1. The molecule has 2 aromatic carbocycles. The van der Waals surface area contributed by atoms with Crippen LogP contribution in [0.25, 0.3) is 0 Å². The fourth-order valence-electron chi connectivity index (χ4n) is 2.33. The van der Waals surface area contributed by atoms with Crippen LogP contribution in [0.1, 0.15) is 27.0 Å². The summed E-state index contributed by atoms with van der Waals surface area (Å²) in [5.41, 5.74) is 0.776. The van der Waals surface area contributed by atoms with E-state index >= 15 is 0 Å². The third kappa shape index (κ3) is 5.07. The van der Waals surface area contributed by atoms with Crippen molar-refractivity contribution in [3.8, 4) is 0 Å². The number of aliphatic carboxylic acids is 1. The van der Waals surface area contributed by atoms with Crippen molar-refractivity contribution >= 4 is 11.9 Å². The van der Waals surface area contributed by atoms with E-state index in [1.807, 2.05) is 13.0 Å². The minimum absolute atomic E-state index is 0.0384. The molecule has 7 heteroatoms. The molecule has 0 unspecified atom stereocenters. The van der Waals surface area contributed by atoms with Gasteiger partial charge in [-0.1, -0.05) is 29.8 Å². The van der Waals surface area contributed by atoms with Crippen molar-refractivity contribution in [1.82, 2.24) is 5.32 Å². The molecule has 2 N–H and O–H groups in total. The van der Waals surface area contributed by atoms with Gasteiger partial charge in [-0.3, -0.25) is 4.79 Å². The number of rotatable bonds is 5. The summed E-state index contributed by atoms with van der Waals surface area (Å²) in [5, 5.41) is 11.6. The minimum atomic E-state index is -4.50. The quantitative estimate of drug-likeness (QED) is 0.867. The molecule has 2 rings (SSSR count). The summed E-state index contributed by atoms with van der Waals surface area (Å²) in [7, 11) is 0. The van der Waals surface area contributed by atoms with Crippen LogP contribution in [-0.2, 0) is 17.4 Å². The zero-order chi connectivity index (χ0) is 18.6. The summed E-state index contributed by atoms with van der Waals surface area (Å²) in [5.74, 6) is -1.96. The number of carbonyl (C=O) groups excluding carboxylic acids is 1. The Morgan fingerprint density at radius 3 is 2.28 bits per heavy atom. The molecule has 132 valence electrons. The summed E-state index contributed by atoms with van der Waals surface area (Å²) in [6.07, 6.45) is -4.42. The molecule has 0 aliphatic carbocycles. The van der Waals surface area contributed by atoms with Crippen LogP contribution in [0.2, 0.25) is 0 Å². The average Bonchev–Trinajstić information content (AvgIpc) is 2.53. The highest BCUT2D eigenvalue weighted by Crippen LogP contribution is 2.29. The smallest absolute Gasteiger partial charge is 0.416 e. The topological polar surface area (TPSA) is 66.4 Å². The van der Waals surface area contributed by atoms with Gasteiger partial charge >= 0.3 is 12.1 Å². The second-order valence-electron chi connectivity index (χ2n) is 5.63. The molecular formula is C18H16F3NO3. The Hall–Kier alpha value is -2.83. The largest absolute Gasteiger partial charge is 0.480 e. The number of hydrogen-bond acceptors (Lipinski definition) is 2. The van der Waals surface area contributed by atoms with E-state index in [4.69, 9.17) is 0 Å². The number of carbonyl (C=O) groups is 2. The second-order valence-corrected chi connectivity index (χ2v) is 5.63. The predicted molar refractivity (Wildman–Crippen MR) is 85.2 cm³/mol. The number of nitrogens with one attached hydrogen (secondary N) is 1. The number of carboxylic acid groups (broad SMARTS) is 1. The van der Waals surface area contributed by atoms with Gasteiger partial charge < -0.3 is 10.4 Å². The van der Waals surface area contributed by atoms with Crippen molar-refractivity contribution in [3.63, 3.8) is 0 Å². The number of halogens is 3. The number of hydrogen-bond donors (Lipinski definition) is 2. The zero-order valence-electron chi connectivity index (χ0n) is 13.3. The Morgan fingerprint density at radius 2 is 1.76 bits per heavy atom. The lowest BCUT2D eigenvalue weighted by Crippen LogP contribution is -2.42. The van der Waals surface area contributed by atoms with E-state index in [-0.39, 0.29) is 12.0 Å². The monoisotopic (exact) mass is 351 g/mol. The van der Waals surface area contributed by atoms with Crippen LogP contribution >= 0.6 is 0 Å². The second kappa shape index (κ2) is 7.38. The molecule has 0 heterocycles. The predicted octanol–water partition coefficient (Wildman–Crippen LogP) is 3.44. The fraction of sp³-hybridized carbons (Fsp3) is 0.222. The van der Waals surface area contributed by atoms with Gasteiger partial charge in [-0.2, -0.15) is 13.2 Å². The minimum Gasteiger partial charge on any atom is -0.480 e. The van der Waals surface area contributed by atoms with Gasteiger partial charge in [-0.25, -0.2) is 4.79 Å². The Labute approximate surface area is 142 Å². The highest BCUT2D eigenvalue weighted by Gasteiger charge is 2.30. The molecular weight excluding hydrogens is 335 g/mol. The van der Waals surface area contributed by atoms with E-state index in [1.54, 1.807) is 18.2 Å². The molecule has 4 nitrogen and oxygen atoms in total. The van der Waals surface area contributed by atoms with Gasteiger partial charge in [0.1, 0.15) is 6.04 Å². The maximum Gasteiger partial charge on any atom is 0.416 e. The van der Waals surface area contributed by atoms with Gasteiger partial charge in [0.2, 0.25) is 0 Å². The van der Waals surface area contributed by atoms with Crippen molar-refractivity contribution < 1.29 is 27.9 Å². The van der Waals surface area contributed by atoms with Crippen LogP contribution in [0.4, 0.5) is 13.2 Å². The molecule has 1 amide bonds. The lowest BCUT2D eigenvalue weighted by atomic mass is 10.0. The van der Waals surface area contributed by atoms with Gasteiger partial charge in [-0.05, 0) is 36.8 Å². The molecule has 25 heavy (non-hydrogen) atoms. The first-order chi connectivity index (χ1) is 11.7. The van der Waals surface area contributed by atoms with Crippen LogP contribution in [-0.4, -0.2) is 23.0 Å². The van der Waals surface area contributed by atoms with Crippen LogP contribution in [0.3, 0.4) is 0 Å². The van der Waals surface area contributed by atoms with Crippen molar-refractivity contribution in [1.29, 1.82) is 0 Å². The SMILES string of the molecule is Cc1cccc(C[C@@H](NC(=O)c2ccc(C(F)(F)F)cc2)C(=O)O)c1. The van der Waals surface area contributed by atoms with E-state index < -0.39 is 29.7 Å². The van der Waals surface area contributed by atoms with Gasteiger partial charge in [0.25, 0.3) is 5.91 Å². The van der Waals surface area contributed by atoms with Gasteiger partial charge in [-0.15, -0.1) is 0 Å². The molecule has 0 aliphatic heterocycles. The number of carboxylic acids is 1. The molecule has 1 atom stereocenters. The van der Waals surface area contributed by atoms with E-state index in [0.717, 1.165) is 35.4 Å². The average molecular weight is 351 g/mol. The first-order valence-corrected chi connectivity index (χ1v) is 7.43. The number of aryl methyl sites for hydroxylation is 1. The van der Waals surface area contributed by atoms with E-state index in [0.29, 0.717) is 0 Å². The van der Waals surface area contributed by atoms with Gasteiger partial charge in [0.15, 0.2) is 0 Å². The maximum atomic E-state index is 12.5. The first kappa shape index (κ1) is 18.5. The fourth-order valence-corrected chi connectivity index (χ4v) is 2.33. The molecule has 0 saturated carbocycles. The van der Waals surface area contributed by atoms with E-state index in [1.165, 1.54) is 0 Å². The lowest BCUT2D eigenvalue weighted by Gasteiger charge is -2.15. The molecule has 0 radical (unpaired) electrons. The Morgan fingerprint density at radius 1 is 1.12 bits per heavy atom. The van der Waals surface area contributed by atoms with Crippen LogP contribution < -0.4 is 5.32 Å². The highest BCUT2D eigenvalue weighted by atomic mass is 19.4. The van der Waals surface area contributed by atoms with Crippen LogP contribution in [0.5, 0.6) is 0 Å². The summed E-state index contributed by atoms with van der Waals surface area (Å²) in [6.45, 7) is 1.86. The Kier molecular flexibility index (Phi) is 5.46. The molecule has 0 saturated heterocycles. The summed E-state index contributed by atoms with van der Waals surface area (Å²) < 4.78 is 37.6. The Balaban J connectivity index is 2.11. The normalized spacial score (nSPS) is 12.5. The number of benzene rings is 2. The van der Waals surface area contributed by atoms with Gasteiger partial charge in [0, 0.05) is 12.0 Å². The summed E-state index contributed by atoms with van der Waals surface area (Å²) >= 11 is 0. The Bertz CT molecular complexity index is 770. The molecule has 2 aromatic rings. The van der Waals surface area contributed by atoms with Crippen molar-refractivity contribution in [2.45, 2.75) is 25.6 Å². The highest BCUT2D eigenvalue weighted by molar-refractivity contribution is 5.96. The molecule has 0 aromatic heterocycles. The summed E-state index contributed by atoms with van der Waals surface area (Å²) in [6, 6.07) is 9.61. The molecule has 0 fully saturated rings. The third-order valence-electron chi connectivity index (χ3n) is 3.60. The van der Waals surface area contributed by atoms with E-state index in [2.05, 4.69) is 5.32 Å². The number of alkyl halides is 3. The van der Waals surface area contributed by atoms with Crippen LogP contribution in [0, 0.1) is 6.92 Å². The lowest BCUT2D eigenvalue weighted by molar-refractivity contribution is -0.139. The zero-order valence-corrected chi connectivity index (χ0v) is 13.3.